The molecule has 0 saturated heterocycles. The summed E-state index contributed by atoms with van der Waals surface area (Å²) in [5.74, 6) is -5.16. The van der Waals surface area contributed by atoms with E-state index in [0.29, 0.717) is 12.5 Å². The molecule has 1 aliphatic carbocycles. The minimum absolute atomic E-state index is 0.00216. The van der Waals surface area contributed by atoms with Crippen molar-refractivity contribution in [2.24, 2.45) is 5.92 Å². The summed E-state index contributed by atoms with van der Waals surface area (Å²) >= 11 is 17.7. The molecule has 0 bridgehead atoms. The Morgan fingerprint density at radius 1 is 0.875 bits per heavy atom. The van der Waals surface area contributed by atoms with Gasteiger partial charge in [-0.1, -0.05) is 34.8 Å². The average molecular weight is 752 g/mol. The van der Waals surface area contributed by atoms with Crippen LogP contribution >= 0.6 is 34.8 Å². The van der Waals surface area contributed by atoms with Gasteiger partial charge in [0.05, 0.1) is 31.1 Å². The van der Waals surface area contributed by atoms with Crippen molar-refractivity contribution in [3.8, 4) is 11.5 Å². The van der Waals surface area contributed by atoms with Crippen molar-refractivity contribution in [3.63, 3.8) is 0 Å². The number of halogens is 6. The van der Waals surface area contributed by atoms with E-state index < -0.39 is 62.9 Å². The number of Topliss-reactive ketones (excluding diaryl/α,β-unsaturated/α-hetero) is 3. The van der Waals surface area contributed by atoms with E-state index in [1.165, 1.54) is 24.3 Å². The van der Waals surface area contributed by atoms with Gasteiger partial charge in [-0.15, -0.1) is 0 Å². The standard InChI is InChI=1S/C17H11Cl2F3O5.C14H13ClO5S/c1-8(15(23)24)26-16(25)11-7-10(3-4-12(11)18)27-14-5-2-9(6-13(14)19)17(20,21)22;1-21(19,20)8-5-6-9(10(15)7-8)14(18)13-11(16)3-2-4-12(13)17/h2-8H,1H3,(H,23,24);5-7,13H,2-4H2,1H3/t8-;/m0./s1. The topological polar surface area (TPSA) is 158 Å². The second kappa shape index (κ2) is 15.5. The van der Waals surface area contributed by atoms with Crippen molar-refractivity contribution in [3.05, 3.63) is 86.4 Å². The van der Waals surface area contributed by atoms with Crippen molar-refractivity contribution < 1.29 is 60.1 Å². The van der Waals surface area contributed by atoms with Gasteiger partial charge in [0.15, 0.2) is 33.3 Å². The van der Waals surface area contributed by atoms with Crippen LogP contribution in [0.25, 0.3) is 0 Å². The summed E-state index contributed by atoms with van der Waals surface area (Å²) in [6.07, 6.45) is -4.08. The number of esters is 1. The highest BCUT2D eigenvalue weighted by atomic mass is 35.5. The van der Waals surface area contributed by atoms with Crippen LogP contribution in [0.3, 0.4) is 0 Å². The number of ketones is 3. The van der Waals surface area contributed by atoms with Crippen LogP contribution in [0, 0.1) is 5.92 Å². The summed E-state index contributed by atoms with van der Waals surface area (Å²) in [4.78, 5) is 58.7. The molecule has 3 aromatic rings. The summed E-state index contributed by atoms with van der Waals surface area (Å²) in [5, 5.41) is 8.39. The number of hydrogen-bond acceptors (Lipinski definition) is 9. The fraction of sp³-hybridized carbons (Fsp3) is 0.258. The van der Waals surface area contributed by atoms with Crippen LogP contribution in [0.2, 0.25) is 15.1 Å². The molecule has 10 nitrogen and oxygen atoms in total. The van der Waals surface area contributed by atoms with E-state index in [1.807, 2.05) is 0 Å². The molecule has 0 spiro atoms. The molecule has 0 heterocycles. The lowest BCUT2D eigenvalue weighted by Gasteiger charge is -2.18. The zero-order valence-electron chi connectivity index (χ0n) is 24.8. The van der Waals surface area contributed by atoms with Crippen LogP contribution in [0.15, 0.2) is 59.5 Å². The molecule has 0 aromatic heterocycles. The third kappa shape index (κ3) is 9.78. The van der Waals surface area contributed by atoms with Crippen molar-refractivity contribution in [1.29, 1.82) is 0 Å². The Balaban J connectivity index is 0.000000269. The lowest BCUT2D eigenvalue weighted by Crippen LogP contribution is -2.35. The number of carboxylic acid groups (broad SMARTS) is 1. The van der Waals surface area contributed by atoms with E-state index in [4.69, 9.17) is 49.4 Å². The molecule has 1 aliphatic rings. The van der Waals surface area contributed by atoms with Gasteiger partial charge in [-0.25, -0.2) is 18.0 Å². The second-order valence-corrected chi connectivity index (χ2v) is 13.5. The normalized spacial score (nSPS) is 14.4. The highest BCUT2D eigenvalue weighted by Crippen LogP contribution is 2.37. The molecule has 1 fully saturated rings. The largest absolute Gasteiger partial charge is 0.479 e. The van der Waals surface area contributed by atoms with Crippen molar-refractivity contribution in [2.75, 3.05) is 6.26 Å². The number of hydrogen-bond donors (Lipinski definition) is 1. The number of aliphatic carboxylic acids is 1. The van der Waals surface area contributed by atoms with E-state index in [1.54, 1.807) is 0 Å². The van der Waals surface area contributed by atoms with Gasteiger partial charge in [0, 0.05) is 24.7 Å². The fourth-order valence-corrected chi connectivity index (χ4v) is 5.56. The number of alkyl halides is 3. The molecule has 48 heavy (non-hydrogen) atoms. The van der Waals surface area contributed by atoms with Gasteiger partial charge < -0.3 is 14.6 Å². The highest BCUT2D eigenvalue weighted by Gasteiger charge is 2.37. The predicted octanol–water partition coefficient (Wildman–Crippen LogP) is 7.30. The maximum atomic E-state index is 12.7. The van der Waals surface area contributed by atoms with Crippen LogP contribution in [0.1, 0.15) is 52.5 Å². The van der Waals surface area contributed by atoms with Gasteiger partial charge in [0.2, 0.25) is 0 Å². The van der Waals surface area contributed by atoms with Crippen LogP contribution in [-0.2, 0) is 35.1 Å². The van der Waals surface area contributed by atoms with E-state index in [-0.39, 0.29) is 55.4 Å². The number of carboxylic acids is 1. The van der Waals surface area contributed by atoms with Crippen LogP contribution < -0.4 is 4.74 Å². The predicted molar refractivity (Wildman–Crippen MR) is 167 cm³/mol. The summed E-state index contributed by atoms with van der Waals surface area (Å²) < 4.78 is 71.0. The zero-order valence-corrected chi connectivity index (χ0v) is 27.9. The number of carbonyl (C=O) groups is 5. The first-order valence-corrected chi connectivity index (χ1v) is 16.6. The molecule has 0 unspecified atom stereocenters. The average Bonchev–Trinajstić information content (AvgIpc) is 2.98. The first kappa shape index (κ1) is 38.5. The molecule has 4 rings (SSSR count). The number of ether oxygens (including phenoxy) is 2. The highest BCUT2D eigenvalue weighted by molar-refractivity contribution is 7.90. The Morgan fingerprint density at radius 3 is 2.02 bits per heavy atom. The SMILES string of the molecule is CS(=O)(=O)c1ccc(C(=O)C2C(=O)CCCC2=O)c(Cl)c1.C[C@H](OC(=O)c1cc(Oc2ccc(C(F)(F)F)cc2Cl)ccc1Cl)C(=O)O. The molecule has 17 heteroatoms. The smallest absolute Gasteiger partial charge is 0.416 e. The summed E-state index contributed by atoms with van der Waals surface area (Å²) in [5.41, 5.74) is -1.12. The van der Waals surface area contributed by atoms with Gasteiger partial charge in [-0.05, 0) is 67.9 Å². The molecular formula is C31H24Cl3F3O10S. The van der Waals surface area contributed by atoms with Crippen molar-refractivity contribution in [2.45, 2.75) is 43.4 Å². The Morgan fingerprint density at radius 2 is 1.50 bits per heavy atom. The Bertz CT molecular complexity index is 1880. The van der Waals surface area contributed by atoms with E-state index in [9.17, 15) is 45.6 Å². The summed E-state index contributed by atoms with van der Waals surface area (Å²) in [7, 11) is -3.44. The Kier molecular flexibility index (Phi) is 12.4. The van der Waals surface area contributed by atoms with Gasteiger partial charge in [0.1, 0.15) is 17.4 Å². The summed E-state index contributed by atoms with van der Waals surface area (Å²) in [6.45, 7) is 1.16. The Labute approximate surface area is 286 Å². The molecule has 3 aromatic carbocycles. The maximum absolute atomic E-state index is 12.7. The van der Waals surface area contributed by atoms with Gasteiger partial charge >= 0.3 is 18.1 Å². The zero-order chi connectivity index (χ0) is 36.1. The first-order valence-electron chi connectivity index (χ1n) is 13.6. The molecule has 0 aliphatic heterocycles. The molecule has 0 amide bonds. The maximum Gasteiger partial charge on any atom is 0.416 e. The van der Waals surface area contributed by atoms with Crippen LogP contribution in [0.5, 0.6) is 11.5 Å². The minimum atomic E-state index is -4.56. The Hall–Kier alpha value is -3.98. The fourth-order valence-electron chi connectivity index (χ4n) is 4.16. The lowest BCUT2D eigenvalue weighted by molar-refractivity contribution is -0.146. The summed E-state index contributed by atoms with van der Waals surface area (Å²) in [6, 6.07) is 9.98. The molecule has 256 valence electrons. The van der Waals surface area contributed by atoms with E-state index >= 15 is 0 Å². The van der Waals surface area contributed by atoms with E-state index in [2.05, 4.69) is 0 Å². The van der Waals surface area contributed by atoms with Crippen molar-refractivity contribution >= 4 is 73.9 Å². The molecule has 1 saturated carbocycles. The third-order valence-electron chi connectivity index (χ3n) is 6.66. The second-order valence-electron chi connectivity index (χ2n) is 10.3. The number of carbonyl (C=O) groups excluding carboxylic acids is 4. The van der Waals surface area contributed by atoms with Gasteiger partial charge in [0.25, 0.3) is 0 Å². The number of benzene rings is 3. The molecule has 1 atom stereocenters. The number of sulfone groups is 1. The minimum Gasteiger partial charge on any atom is -0.479 e. The molecule has 0 radical (unpaired) electrons. The van der Waals surface area contributed by atoms with Gasteiger partial charge in [-0.3, -0.25) is 14.4 Å². The molecule has 1 N–H and O–H groups in total. The van der Waals surface area contributed by atoms with E-state index in [0.717, 1.165) is 37.4 Å². The quantitative estimate of drug-likeness (QED) is 0.141. The third-order valence-corrected chi connectivity index (χ3v) is 8.71. The van der Waals surface area contributed by atoms with Crippen molar-refractivity contribution in [1.82, 2.24) is 0 Å². The first-order chi connectivity index (χ1) is 22.2. The monoisotopic (exact) mass is 750 g/mol. The lowest BCUT2D eigenvalue weighted by atomic mass is 9.82. The molecular weight excluding hydrogens is 728 g/mol. The van der Waals surface area contributed by atoms with Crippen LogP contribution in [0.4, 0.5) is 13.2 Å². The van der Waals surface area contributed by atoms with Crippen LogP contribution in [-0.4, -0.2) is 55.2 Å². The van der Waals surface area contributed by atoms with Gasteiger partial charge in [-0.2, -0.15) is 13.2 Å². The number of rotatable bonds is 8.